The molecule has 0 aliphatic heterocycles. The van der Waals surface area contributed by atoms with E-state index < -0.39 is 0 Å². The third-order valence-corrected chi connectivity index (χ3v) is 4.19. The number of halogens is 1. The van der Waals surface area contributed by atoms with Crippen LogP contribution in [0.3, 0.4) is 0 Å². The maximum Gasteiger partial charge on any atom is 0.237 e. The van der Waals surface area contributed by atoms with Crippen LogP contribution in [-0.4, -0.2) is 44.2 Å². The Bertz CT molecular complexity index is 689. The summed E-state index contributed by atoms with van der Waals surface area (Å²) < 4.78 is 23.5. The molecule has 0 radical (unpaired) electrons. The van der Waals surface area contributed by atoms with Crippen LogP contribution in [-0.2, 0) is 11.3 Å². The number of hydrogen-bond acceptors (Lipinski definition) is 4. The van der Waals surface area contributed by atoms with Gasteiger partial charge in [-0.15, -0.1) is 0 Å². The summed E-state index contributed by atoms with van der Waals surface area (Å²) in [6, 6.07) is 13.2. The minimum absolute atomic E-state index is 0.0508. The van der Waals surface area contributed by atoms with Crippen LogP contribution in [0.4, 0.5) is 4.39 Å². The lowest BCUT2D eigenvalue weighted by molar-refractivity contribution is -0.125. The number of hydrogen-bond donors (Lipinski definition) is 1. The number of carbonyl (C=O) groups is 1. The summed E-state index contributed by atoms with van der Waals surface area (Å²) in [6.45, 7) is 3.31. The van der Waals surface area contributed by atoms with E-state index >= 15 is 0 Å². The van der Waals surface area contributed by atoms with Gasteiger partial charge < -0.3 is 14.8 Å². The van der Waals surface area contributed by atoms with Crippen molar-refractivity contribution in [2.75, 3.05) is 27.3 Å². The van der Waals surface area contributed by atoms with Gasteiger partial charge >= 0.3 is 0 Å². The minimum Gasteiger partial charge on any atom is -0.497 e. The highest BCUT2D eigenvalue weighted by atomic mass is 19.1. The Morgan fingerprint density at radius 3 is 2.35 bits per heavy atom. The zero-order chi connectivity index (χ0) is 18.9. The van der Waals surface area contributed by atoms with Crippen molar-refractivity contribution < 1.29 is 18.7 Å². The number of nitrogens with zero attached hydrogens (tertiary/aromatic N) is 1. The van der Waals surface area contributed by atoms with Gasteiger partial charge in [0.2, 0.25) is 5.91 Å². The van der Waals surface area contributed by atoms with Gasteiger partial charge in [-0.1, -0.05) is 12.1 Å². The molecule has 26 heavy (non-hydrogen) atoms. The highest BCUT2D eigenvalue weighted by Gasteiger charge is 2.17. The molecule has 0 aliphatic carbocycles. The Morgan fingerprint density at radius 2 is 1.73 bits per heavy atom. The van der Waals surface area contributed by atoms with Crippen molar-refractivity contribution >= 4 is 5.91 Å². The molecule has 2 rings (SSSR count). The van der Waals surface area contributed by atoms with Crippen molar-refractivity contribution in [2.45, 2.75) is 19.5 Å². The first-order chi connectivity index (χ1) is 12.5. The number of carbonyl (C=O) groups excluding carboxylic acids is 1. The van der Waals surface area contributed by atoms with Crippen molar-refractivity contribution in [3.05, 3.63) is 59.9 Å². The van der Waals surface area contributed by atoms with E-state index in [0.717, 1.165) is 11.3 Å². The molecule has 0 unspecified atom stereocenters. The summed E-state index contributed by atoms with van der Waals surface area (Å²) in [5.41, 5.74) is 1.01. The normalized spacial score (nSPS) is 11.9. The smallest absolute Gasteiger partial charge is 0.237 e. The minimum atomic E-state index is -0.295. The predicted octanol–water partition coefficient (Wildman–Crippen LogP) is 2.85. The van der Waals surface area contributed by atoms with E-state index in [1.54, 1.807) is 19.2 Å². The zero-order valence-electron chi connectivity index (χ0n) is 15.4. The van der Waals surface area contributed by atoms with Crippen molar-refractivity contribution in [1.82, 2.24) is 10.2 Å². The SMILES string of the molecule is COc1ccc(CNC(=O)[C@H](C)N(C)CCOc2ccc(F)cc2)cc1. The van der Waals surface area contributed by atoms with E-state index in [9.17, 15) is 9.18 Å². The number of amides is 1. The molecule has 2 aromatic rings. The third-order valence-electron chi connectivity index (χ3n) is 4.19. The molecule has 0 saturated carbocycles. The number of nitrogens with one attached hydrogen (secondary N) is 1. The van der Waals surface area contributed by atoms with E-state index in [-0.39, 0.29) is 17.8 Å². The number of rotatable bonds is 9. The molecule has 0 bridgehead atoms. The van der Waals surface area contributed by atoms with Gasteiger partial charge in [0.05, 0.1) is 13.2 Å². The van der Waals surface area contributed by atoms with Crippen LogP contribution in [0, 0.1) is 5.82 Å². The largest absolute Gasteiger partial charge is 0.497 e. The Hall–Kier alpha value is -2.60. The van der Waals surface area contributed by atoms with Crippen LogP contribution in [0.15, 0.2) is 48.5 Å². The number of likely N-dealkylation sites (N-methyl/N-ethyl adjacent to an activating group) is 1. The van der Waals surface area contributed by atoms with Crippen molar-refractivity contribution in [3.8, 4) is 11.5 Å². The third kappa shape index (κ3) is 6.04. The maximum atomic E-state index is 12.9. The van der Waals surface area contributed by atoms with Crippen LogP contribution in [0.2, 0.25) is 0 Å². The van der Waals surface area contributed by atoms with E-state index in [1.807, 2.05) is 43.1 Å². The molecule has 5 nitrogen and oxygen atoms in total. The van der Waals surface area contributed by atoms with E-state index in [1.165, 1.54) is 12.1 Å². The highest BCUT2D eigenvalue weighted by molar-refractivity contribution is 5.81. The Morgan fingerprint density at radius 1 is 1.12 bits per heavy atom. The quantitative estimate of drug-likeness (QED) is 0.747. The fourth-order valence-corrected chi connectivity index (χ4v) is 2.31. The molecule has 0 spiro atoms. The zero-order valence-corrected chi connectivity index (χ0v) is 15.4. The Labute approximate surface area is 153 Å². The van der Waals surface area contributed by atoms with Crippen LogP contribution in [0.5, 0.6) is 11.5 Å². The topological polar surface area (TPSA) is 50.8 Å². The average Bonchev–Trinajstić information content (AvgIpc) is 2.67. The first-order valence-corrected chi connectivity index (χ1v) is 8.49. The molecular formula is C20H25FN2O3. The van der Waals surface area contributed by atoms with Gasteiger partial charge in [-0.2, -0.15) is 0 Å². The second-order valence-corrected chi connectivity index (χ2v) is 6.02. The number of methoxy groups -OCH3 is 1. The molecule has 0 aromatic heterocycles. The molecule has 1 N–H and O–H groups in total. The van der Waals surface area contributed by atoms with Gasteiger partial charge in [0.1, 0.15) is 23.9 Å². The van der Waals surface area contributed by atoms with E-state index in [2.05, 4.69) is 5.32 Å². The lowest BCUT2D eigenvalue weighted by atomic mass is 10.2. The second-order valence-electron chi connectivity index (χ2n) is 6.02. The molecule has 0 aliphatic rings. The predicted molar refractivity (Wildman–Crippen MR) is 98.8 cm³/mol. The van der Waals surface area contributed by atoms with Crippen LogP contribution >= 0.6 is 0 Å². The van der Waals surface area contributed by atoms with E-state index in [4.69, 9.17) is 9.47 Å². The molecule has 1 amide bonds. The molecule has 0 saturated heterocycles. The summed E-state index contributed by atoms with van der Waals surface area (Å²) in [5.74, 6) is 1.05. The number of benzene rings is 2. The summed E-state index contributed by atoms with van der Waals surface area (Å²) >= 11 is 0. The molecule has 2 aromatic carbocycles. The maximum absolute atomic E-state index is 12.9. The summed E-state index contributed by atoms with van der Waals surface area (Å²) in [5, 5.41) is 2.93. The molecule has 0 heterocycles. The van der Waals surface area contributed by atoms with Gasteiger partial charge in [-0.3, -0.25) is 9.69 Å². The first kappa shape index (κ1) is 19.7. The number of ether oxygens (including phenoxy) is 2. The second kappa shape index (κ2) is 9.77. The van der Waals surface area contributed by atoms with Crippen LogP contribution < -0.4 is 14.8 Å². The summed E-state index contributed by atoms with van der Waals surface area (Å²) in [4.78, 5) is 14.2. The lowest BCUT2D eigenvalue weighted by Crippen LogP contribution is -2.44. The van der Waals surface area contributed by atoms with Gasteiger partial charge in [-0.05, 0) is 55.9 Å². The summed E-state index contributed by atoms with van der Waals surface area (Å²) in [6.07, 6.45) is 0. The Kier molecular flexibility index (Phi) is 7.41. The molecule has 0 fully saturated rings. The van der Waals surface area contributed by atoms with Gasteiger partial charge in [0.25, 0.3) is 0 Å². The highest BCUT2D eigenvalue weighted by Crippen LogP contribution is 2.12. The van der Waals surface area contributed by atoms with Gasteiger partial charge in [-0.25, -0.2) is 4.39 Å². The summed E-state index contributed by atoms with van der Waals surface area (Å²) in [7, 11) is 3.49. The first-order valence-electron chi connectivity index (χ1n) is 8.49. The standard InChI is InChI=1S/C20H25FN2O3/c1-15(20(24)22-14-16-4-8-18(25-3)9-5-16)23(2)12-13-26-19-10-6-17(21)7-11-19/h4-11,15H,12-14H2,1-3H3,(H,22,24)/t15-/m0/s1. The van der Waals surface area contributed by atoms with Crippen molar-refractivity contribution in [3.63, 3.8) is 0 Å². The molecule has 140 valence electrons. The molecular weight excluding hydrogens is 335 g/mol. The van der Waals surface area contributed by atoms with E-state index in [0.29, 0.717) is 25.4 Å². The Balaban J connectivity index is 1.72. The van der Waals surface area contributed by atoms with Crippen LogP contribution in [0.25, 0.3) is 0 Å². The fourth-order valence-electron chi connectivity index (χ4n) is 2.31. The van der Waals surface area contributed by atoms with Gasteiger partial charge in [0, 0.05) is 13.1 Å². The molecule has 6 heteroatoms. The fraction of sp³-hybridized carbons (Fsp3) is 0.350. The van der Waals surface area contributed by atoms with Crippen molar-refractivity contribution in [2.24, 2.45) is 0 Å². The lowest BCUT2D eigenvalue weighted by Gasteiger charge is -2.23. The van der Waals surface area contributed by atoms with Gasteiger partial charge in [0.15, 0.2) is 0 Å². The monoisotopic (exact) mass is 360 g/mol. The molecule has 1 atom stereocenters. The van der Waals surface area contributed by atoms with Crippen LogP contribution in [0.1, 0.15) is 12.5 Å². The van der Waals surface area contributed by atoms with Crippen molar-refractivity contribution in [1.29, 1.82) is 0 Å². The average molecular weight is 360 g/mol.